The molecule has 20 heavy (non-hydrogen) atoms. The van der Waals surface area contributed by atoms with Crippen LogP contribution in [-0.4, -0.2) is 23.5 Å². The van der Waals surface area contributed by atoms with Crippen molar-refractivity contribution in [1.29, 1.82) is 0 Å². The van der Waals surface area contributed by atoms with Crippen LogP contribution in [-0.2, 0) is 0 Å². The van der Waals surface area contributed by atoms with Crippen LogP contribution in [0.5, 0.6) is 0 Å². The van der Waals surface area contributed by atoms with Crippen LogP contribution in [0.4, 0.5) is 0 Å². The second-order valence-corrected chi connectivity index (χ2v) is 5.37. The minimum atomic E-state index is -1.17. The Hall–Kier alpha value is -1.78. The third-order valence-corrected chi connectivity index (χ3v) is 3.84. The molecule has 0 atom stereocenters. The molecule has 1 aromatic rings. The number of aromatic carboxylic acids is 1. The minimum Gasteiger partial charge on any atom is -0.475 e. The highest BCUT2D eigenvalue weighted by molar-refractivity contribution is 5.93. The maximum Gasteiger partial charge on any atom is 0.371 e. The molecule has 1 amide bonds. The Morgan fingerprint density at radius 1 is 1.20 bits per heavy atom. The van der Waals surface area contributed by atoms with Gasteiger partial charge in [0.05, 0.1) is 0 Å². The lowest BCUT2D eigenvalue weighted by molar-refractivity contribution is 0.0659. The Morgan fingerprint density at radius 2 is 1.90 bits per heavy atom. The SMILES string of the molecule is O=C(O)c1ccc(C(=O)NCCCCC2CCCC2)o1. The number of unbranched alkanes of at least 4 members (excludes halogenated alkanes) is 1. The van der Waals surface area contributed by atoms with Gasteiger partial charge in [0.15, 0.2) is 5.76 Å². The first-order valence-electron chi connectivity index (χ1n) is 7.28. The summed E-state index contributed by atoms with van der Waals surface area (Å²) in [4.78, 5) is 22.3. The number of carboxylic acids is 1. The molecular formula is C15H21NO4. The van der Waals surface area contributed by atoms with E-state index in [-0.39, 0.29) is 17.4 Å². The van der Waals surface area contributed by atoms with Crippen molar-refractivity contribution in [1.82, 2.24) is 5.32 Å². The largest absolute Gasteiger partial charge is 0.475 e. The van der Waals surface area contributed by atoms with Gasteiger partial charge in [-0.3, -0.25) is 4.79 Å². The zero-order chi connectivity index (χ0) is 14.4. The van der Waals surface area contributed by atoms with Crippen LogP contribution >= 0.6 is 0 Å². The van der Waals surface area contributed by atoms with Gasteiger partial charge >= 0.3 is 5.97 Å². The normalized spacial score (nSPS) is 15.4. The summed E-state index contributed by atoms with van der Waals surface area (Å²) in [5.41, 5.74) is 0. The molecule has 0 unspecified atom stereocenters. The molecule has 0 aromatic carbocycles. The summed E-state index contributed by atoms with van der Waals surface area (Å²) in [6.07, 6.45) is 8.78. The highest BCUT2D eigenvalue weighted by Crippen LogP contribution is 2.28. The molecule has 0 bridgehead atoms. The van der Waals surface area contributed by atoms with Crippen molar-refractivity contribution < 1.29 is 19.1 Å². The molecule has 1 aromatic heterocycles. The van der Waals surface area contributed by atoms with Gasteiger partial charge in [-0.15, -0.1) is 0 Å². The van der Waals surface area contributed by atoms with Crippen LogP contribution < -0.4 is 5.32 Å². The van der Waals surface area contributed by atoms with Crippen LogP contribution in [0, 0.1) is 5.92 Å². The molecule has 2 rings (SSSR count). The van der Waals surface area contributed by atoms with Crippen molar-refractivity contribution in [2.75, 3.05) is 6.54 Å². The van der Waals surface area contributed by atoms with Gasteiger partial charge < -0.3 is 14.8 Å². The highest BCUT2D eigenvalue weighted by Gasteiger charge is 2.15. The van der Waals surface area contributed by atoms with Gasteiger partial charge in [-0.2, -0.15) is 0 Å². The summed E-state index contributed by atoms with van der Waals surface area (Å²) in [6.45, 7) is 0.606. The van der Waals surface area contributed by atoms with Crippen LogP contribution in [0.2, 0.25) is 0 Å². The average Bonchev–Trinajstić information content (AvgIpc) is 3.09. The number of carboxylic acid groups (broad SMARTS) is 1. The number of rotatable bonds is 7. The van der Waals surface area contributed by atoms with Crippen molar-refractivity contribution >= 4 is 11.9 Å². The average molecular weight is 279 g/mol. The first kappa shape index (κ1) is 14.6. The molecular weight excluding hydrogens is 258 g/mol. The zero-order valence-corrected chi connectivity index (χ0v) is 11.6. The Balaban J connectivity index is 1.62. The first-order valence-corrected chi connectivity index (χ1v) is 7.28. The van der Waals surface area contributed by atoms with E-state index >= 15 is 0 Å². The summed E-state index contributed by atoms with van der Waals surface area (Å²) in [7, 11) is 0. The van der Waals surface area contributed by atoms with Crippen molar-refractivity contribution in [2.24, 2.45) is 5.92 Å². The quantitative estimate of drug-likeness (QED) is 0.752. The van der Waals surface area contributed by atoms with E-state index in [4.69, 9.17) is 9.52 Å². The van der Waals surface area contributed by atoms with Gasteiger partial charge in [0.25, 0.3) is 5.91 Å². The topological polar surface area (TPSA) is 79.5 Å². The molecule has 2 N–H and O–H groups in total. The number of furan rings is 1. The van der Waals surface area contributed by atoms with Crippen LogP contribution in [0.1, 0.15) is 66.1 Å². The molecule has 1 aliphatic rings. The predicted molar refractivity (Wildman–Crippen MR) is 73.8 cm³/mol. The fourth-order valence-electron chi connectivity index (χ4n) is 2.72. The van der Waals surface area contributed by atoms with E-state index in [1.807, 2.05) is 0 Å². The lowest BCUT2D eigenvalue weighted by Crippen LogP contribution is -2.24. The van der Waals surface area contributed by atoms with Gasteiger partial charge in [0.1, 0.15) is 0 Å². The minimum absolute atomic E-state index is 0.0539. The molecule has 1 saturated carbocycles. The lowest BCUT2D eigenvalue weighted by atomic mass is 10.0. The van der Waals surface area contributed by atoms with E-state index in [2.05, 4.69) is 5.32 Å². The van der Waals surface area contributed by atoms with Crippen molar-refractivity contribution in [3.8, 4) is 0 Å². The second-order valence-electron chi connectivity index (χ2n) is 5.37. The highest BCUT2D eigenvalue weighted by atomic mass is 16.4. The summed E-state index contributed by atoms with van der Waals surface area (Å²) in [5, 5.41) is 11.5. The van der Waals surface area contributed by atoms with Gasteiger partial charge in [-0.1, -0.05) is 38.5 Å². The lowest BCUT2D eigenvalue weighted by Gasteiger charge is -2.08. The molecule has 1 aliphatic carbocycles. The molecule has 1 fully saturated rings. The van der Waals surface area contributed by atoms with E-state index in [1.54, 1.807) is 0 Å². The standard InChI is InChI=1S/C15H21NO4/c17-14(12-8-9-13(20-12)15(18)19)16-10-4-3-7-11-5-1-2-6-11/h8-9,11H,1-7,10H2,(H,16,17)(H,18,19). The van der Waals surface area contributed by atoms with E-state index in [1.165, 1.54) is 44.2 Å². The number of amides is 1. The molecule has 0 aliphatic heterocycles. The van der Waals surface area contributed by atoms with E-state index < -0.39 is 5.97 Å². The van der Waals surface area contributed by atoms with Crippen molar-refractivity contribution in [2.45, 2.75) is 44.9 Å². The summed E-state index contributed by atoms with van der Waals surface area (Å²) < 4.78 is 4.93. The molecule has 110 valence electrons. The molecule has 0 saturated heterocycles. The smallest absolute Gasteiger partial charge is 0.371 e. The second kappa shape index (κ2) is 7.12. The fourth-order valence-corrected chi connectivity index (χ4v) is 2.72. The van der Waals surface area contributed by atoms with Crippen molar-refractivity contribution in [3.05, 3.63) is 23.7 Å². The van der Waals surface area contributed by atoms with Crippen LogP contribution in [0.3, 0.4) is 0 Å². The molecule has 5 nitrogen and oxygen atoms in total. The number of carbonyl (C=O) groups is 2. The van der Waals surface area contributed by atoms with E-state index in [9.17, 15) is 9.59 Å². The number of nitrogens with one attached hydrogen (secondary N) is 1. The molecule has 5 heteroatoms. The predicted octanol–water partition coefficient (Wildman–Crippen LogP) is 3.07. The zero-order valence-electron chi connectivity index (χ0n) is 11.6. The Morgan fingerprint density at radius 3 is 2.55 bits per heavy atom. The first-order chi connectivity index (χ1) is 9.66. The number of hydrogen-bond acceptors (Lipinski definition) is 3. The third-order valence-electron chi connectivity index (χ3n) is 3.84. The van der Waals surface area contributed by atoms with E-state index in [0.717, 1.165) is 18.8 Å². The maximum absolute atomic E-state index is 11.7. The summed E-state index contributed by atoms with van der Waals surface area (Å²) >= 11 is 0. The molecule has 1 heterocycles. The van der Waals surface area contributed by atoms with Crippen LogP contribution in [0.25, 0.3) is 0 Å². The summed E-state index contributed by atoms with van der Waals surface area (Å²) in [5.74, 6) is -0.789. The van der Waals surface area contributed by atoms with Gasteiger partial charge in [-0.25, -0.2) is 4.79 Å². The van der Waals surface area contributed by atoms with Crippen LogP contribution in [0.15, 0.2) is 16.5 Å². The van der Waals surface area contributed by atoms with Crippen molar-refractivity contribution in [3.63, 3.8) is 0 Å². The Bertz CT molecular complexity index is 460. The fraction of sp³-hybridized carbons (Fsp3) is 0.600. The molecule has 0 spiro atoms. The van der Waals surface area contributed by atoms with Gasteiger partial charge in [-0.05, 0) is 24.5 Å². The molecule has 0 radical (unpaired) electrons. The van der Waals surface area contributed by atoms with E-state index in [0.29, 0.717) is 6.54 Å². The number of carbonyl (C=O) groups excluding carboxylic acids is 1. The third kappa shape index (κ3) is 4.11. The Kier molecular flexibility index (Phi) is 5.21. The van der Waals surface area contributed by atoms with Gasteiger partial charge in [0.2, 0.25) is 5.76 Å². The summed E-state index contributed by atoms with van der Waals surface area (Å²) in [6, 6.07) is 2.68. The van der Waals surface area contributed by atoms with Gasteiger partial charge in [0, 0.05) is 6.54 Å². The maximum atomic E-state index is 11.7. The number of hydrogen-bond donors (Lipinski definition) is 2. The monoisotopic (exact) mass is 279 g/mol. The Labute approximate surface area is 118 Å².